The van der Waals surface area contributed by atoms with Crippen LogP contribution in [0.3, 0.4) is 0 Å². The van der Waals surface area contributed by atoms with Crippen LogP contribution < -0.4 is 0 Å². The van der Waals surface area contributed by atoms with Crippen molar-refractivity contribution in [3.8, 4) is 0 Å². The summed E-state index contributed by atoms with van der Waals surface area (Å²) >= 11 is 0. The zero-order chi connectivity index (χ0) is 17.2. The average Bonchev–Trinajstić information content (AvgIpc) is 3.22. The number of fused-ring (bicyclic) bond motifs is 5. The van der Waals surface area contributed by atoms with E-state index in [9.17, 15) is 9.90 Å². The number of hydrogen-bond acceptors (Lipinski definition) is 3. The highest BCUT2D eigenvalue weighted by molar-refractivity contribution is 5.91. The van der Waals surface area contributed by atoms with E-state index in [4.69, 9.17) is 4.42 Å². The van der Waals surface area contributed by atoms with E-state index in [1.54, 1.807) is 12.5 Å². The quantitative estimate of drug-likeness (QED) is 0.812. The fourth-order valence-corrected chi connectivity index (χ4v) is 7.17. The molecule has 6 atom stereocenters. The summed E-state index contributed by atoms with van der Waals surface area (Å²) in [6.45, 7) is 2.32. The number of hydrogen-bond donors (Lipinski definition) is 1. The van der Waals surface area contributed by atoms with Crippen LogP contribution in [-0.2, 0) is 10.4 Å². The van der Waals surface area contributed by atoms with Crippen molar-refractivity contribution >= 4 is 5.78 Å². The molecule has 1 aromatic heterocycles. The monoisotopic (exact) mass is 340 g/mol. The van der Waals surface area contributed by atoms with Gasteiger partial charge in [0, 0.05) is 17.4 Å². The summed E-state index contributed by atoms with van der Waals surface area (Å²) in [7, 11) is 0. The van der Waals surface area contributed by atoms with E-state index >= 15 is 0 Å². The van der Waals surface area contributed by atoms with Crippen molar-refractivity contribution in [2.45, 2.75) is 63.9 Å². The van der Waals surface area contributed by atoms with Crippen LogP contribution in [0.25, 0.3) is 0 Å². The summed E-state index contributed by atoms with van der Waals surface area (Å²) in [5, 5.41) is 11.6. The molecule has 5 rings (SSSR count). The molecular weight excluding hydrogens is 312 g/mol. The SMILES string of the molecule is C[C@]12CC[C@H]3[C@H](CCC4=CC(=O)CC[C@H]43)[C@H]1CC[C@@]2(O)c1ccoc1. The Labute approximate surface area is 149 Å². The molecule has 4 aliphatic carbocycles. The zero-order valence-corrected chi connectivity index (χ0v) is 15.0. The zero-order valence-electron chi connectivity index (χ0n) is 15.0. The van der Waals surface area contributed by atoms with Gasteiger partial charge in [0.25, 0.3) is 0 Å². The molecule has 0 amide bonds. The van der Waals surface area contributed by atoms with Gasteiger partial charge in [0.05, 0.1) is 18.1 Å². The number of carbonyl (C=O) groups excluding carboxylic acids is 1. The predicted octanol–water partition coefficient (Wildman–Crippen LogP) is 4.61. The number of allylic oxidation sites excluding steroid dienone is 1. The molecule has 3 nitrogen and oxygen atoms in total. The number of rotatable bonds is 1. The molecule has 0 unspecified atom stereocenters. The van der Waals surface area contributed by atoms with Crippen LogP contribution in [0.2, 0.25) is 0 Å². The van der Waals surface area contributed by atoms with Gasteiger partial charge in [0.2, 0.25) is 0 Å². The Balaban J connectivity index is 1.48. The Morgan fingerprint density at radius 3 is 2.80 bits per heavy atom. The highest BCUT2D eigenvalue weighted by Gasteiger charge is 2.63. The number of ketones is 1. The molecule has 3 saturated carbocycles. The molecule has 0 aliphatic heterocycles. The molecule has 1 heterocycles. The lowest BCUT2D eigenvalue weighted by Crippen LogP contribution is -2.51. The van der Waals surface area contributed by atoms with Crippen LogP contribution in [0.4, 0.5) is 0 Å². The molecular formula is C22H28O3. The molecule has 0 saturated heterocycles. The van der Waals surface area contributed by atoms with E-state index < -0.39 is 5.60 Å². The minimum atomic E-state index is -0.742. The van der Waals surface area contributed by atoms with Crippen molar-refractivity contribution < 1.29 is 14.3 Å². The lowest BCUT2D eigenvalue weighted by atomic mass is 9.50. The topological polar surface area (TPSA) is 50.4 Å². The minimum absolute atomic E-state index is 0.0518. The molecule has 0 bridgehead atoms. The third-order valence-corrected chi connectivity index (χ3v) is 8.45. The second-order valence-corrected chi connectivity index (χ2v) is 9.17. The highest BCUT2D eigenvalue weighted by Crippen LogP contribution is 2.67. The first-order valence-corrected chi connectivity index (χ1v) is 10.0. The molecule has 134 valence electrons. The molecule has 1 aromatic rings. The molecule has 0 aromatic carbocycles. The molecule has 3 fully saturated rings. The Hall–Kier alpha value is -1.35. The van der Waals surface area contributed by atoms with Crippen molar-refractivity contribution in [3.05, 3.63) is 35.8 Å². The lowest BCUT2D eigenvalue weighted by molar-refractivity contribution is -0.125. The third kappa shape index (κ3) is 2.05. The van der Waals surface area contributed by atoms with Crippen molar-refractivity contribution in [3.63, 3.8) is 0 Å². The van der Waals surface area contributed by atoms with Gasteiger partial charge in [0.1, 0.15) is 0 Å². The summed E-state index contributed by atoms with van der Waals surface area (Å²) in [6, 6.07) is 1.95. The third-order valence-electron chi connectivity index (χ3n) is 8.45. The van der Waals surface area contributed by atoms with Gasteiger partial charge in [-0.1, -0.05) is 12.5 Å². The Morgan fingerprint density at radius 1 is 1.12 bits per heavy atom. The van der Waals surface area contributed by atoms with E-state index in [-0.39, 0.29) is 5.41 Å². The normalized spacial score (nSPS) is 46.2. The van der Waals surface area contributed by atoms with Gasteiger partial charge in [-0.15, -0.1) is 0 Å². The van der Waals surface area contributed by atoms with E-state index in [0.29, 0.717) is 23.5 Å². The molecule has 0 spiro atoms. The Bertz CT molecular complexity index is 718. The average molecular weight is 340 g/mol. The summed E-state index contributed by atoms with van der Waals surface area (Å²) in [4.78, 5) is 11.8. The Morgan fingerprint density at radius 2 is 2.00 bits per heavy atom. The van der Waals surface area contributed by atoms with Gasteiger partial charge in [-0.2, -0.15) is 0 Å². The van der Waals surface area contributed by atoms with Crippen molar-refractivity contribution in [2.75, 3.05) is 0 Å². The molecule has 3 heteroatoms. The number of furan rings is 1. The van der Waals surface area contributed by atoms with E-state index in [2.05, 4.69) is 6.92 Å². The van der Waals surface area contributed by atoms with Crippen LogP contribution in [0.1, 0.15) is 63.9 Å². The van der Waals surface area contributed by atoms with Gasteiger partial charge < -0.3 is 9.52 Å². The largest absolute Gasteiger partial charge is 0.472 e. The van der Waals surface area contributed by atoms with Crippen LogP contribution >= 0.6 is 0 Å². The molecule has 0 radical (unpaired) electrons. The fraction of sp³-hybridized carbons (Fsp3) is 0.682. The first-order chi connectivity index (χ1) is 12.0. The maximum Gasteiger partial charge on any atom is 0.155 e. The highest BCUT2D eigenvalue weighted by atomic mass is 16.3. The van der Waals surface area contributed by atoms with Crippen LogP contribution in [0, 0.1) is 29.1 Å². The Kier molecular flexibility index (Phi) is 3.38. The van der Waals surface area contributed by atoms with Gasteiger partial charge in [-0.3, -0.25) is 4.79 Å². The molecule has 25 heavy (non-hydrogen) atoms. The fourth-order valence-electron chi connectivity index (χ4n) is 7.17. The van der Waals surface area contributed by atoms with Crippen molar-refractivity contribution in [1.82, 2.24) is 0 Å². The maximum atomic E-state index is 11.8. The first-order valence-electron chi connectivity index (χ1n) is 10.0. The standard InChI is InChI=1S/C22H28O3/c1-21-9-6-18-17-5-3-16(23)12-14(17)2-4-19(18)20(21)7-10-22(21,24)15-8-11-25-13-15/h8,11-13,17-20,24H,2-7,9-10H2,1H3/t17-,18-,19+,20-,21+,22-/m1/s1. The second-order valence-electron chi connectivity index (χ2n) is 9.17. The van der Waals surface area contributed by atoms with Crippen molar-refractivity contribution in [1.29, 1.82) is 0 Å². The van der Waals surface area contributed by atoms with E-state index in [1.807, 2.05) is 12.1 Å². The smallest absolute Gasteiger partial charge is 0.155 e. The van der Waals surface area contributed by atoms with Gasteiger partial charge >= 0.3 is 0 Å². The van der Waals surface area contributed by atoms with E-state index in [0.717, 1.165) is 50.0 Å². The number of carbonyl (C=O) groups is 1. The second kappa shape index (κ2) is 5.33. The van der Waals surface area contributed by atoms with Gasteiger partial charge in [-0.25, -0.2) is 0 Å². The maximum absolute atomic E-state index is 11.8. The summed E-state index contributed by atoms with van der Waals surface area (Å²) in [6.07, 6.45) is 13.7. The summed E-state index contributed by atoms with van der Waals surface area (Å²) in [5.41, 5.74) is 1.61. The molecule has 1 N–H and O–H groups in total. The van der Waals surface area contributed by atoms with Crippen LogP contribution in [0.15, 0.2) is 34.7 Å². The minimum Gasteiger partial charge on any atom is -0.472 e. The predicted molar refractivity (Wildman–Crippen MR) is 94.7 cm³/mol. The van der Waals surface area contributed by atoms with E-state index in [1.165, 1.54) is 18.4 Å². The summed E-state index contributed by atoms with van der Waals surface area (Å²) < 4.78 is 5.30. The van der Waals surface area contributed by atoms with Gasteiger partial charge in [-0.05, 0) is 80.8 Å². The van der Waals surface area contributed by atoms with Crippen molar-refractivity contribution in [2.24, 2.45) is 29.1 Å². The lowest BCUT2D eigenvalue weighted by Gasteiger charge is -2.55. The summed E-state index contributed by atoms with van der Waals surface area (Å²) in [5.74, 6) is 2.97. The van der Waals surface area contributed by atoms with Crippen LogP contribution in [-0.4, -0.2) is 10.9 Å². The molecule has 4 aliphatic rings. The number of aliphatic hydroxyl groups is 1. The van der Waals surface area contributed by atoms with Crippen LogP contribution in [0.5, 0.6) is 0 Å². The van der Waals surface area contributed by atoms with Gasteiger partial charge in [0.15, 0.2) is 5.78 Å². The first kappa shape index (κ1) is 15.9.